The lowest BCUT2D eigenvalue weighted by atomic mass is 10.1. The Hall–Kier alpha value is -0.520. The summed E-state index contributed by atoms with van der Waals surface area (Å²) in [7, 11) is -0.646. The van der Waals surface area contributed by atoms with Crippen LogP contribution in [0.1, 0.15) is 11.1 Å². The number of nitrogens with one attached hydrogen (secondary N) is 1. The number of amides is 1. The molecule has 19 heavy (non-hydrogen) atoms. The smallest absolute Gasteiger partial charge is 0.269 e. The van der Waals surface area contributed by atoms with Crippen LogP contribution in [-0.4, -0.2) is 38.0 Å². The molecular formula is C14H23FNOP2+. The van der Waals surface area contributed by atoms with Gasteiger partial charge in [-0.1, -0.05) is 8.58 Å². The van der Waals surface area contributed by atoms with E-state index in [0.29, 0.717) is 8.58 Å². The van der Waals surface area contributed by atoms with Crippen molar-refractivity contribution >= 4 is 27.4 Å². The molecule has 0 aliphatic carbocycles. The summed E-state index contributed by atoms with van der Waals surface area (Å²) in [5, 5.41) is 3.07. The van der Waals surface area contributed by atoms with E-state index >= 15 is 0 Å². The Bertz CT molecular complexity index is 460. The maximum Gasteiger partial charge on any atom is 0.269 e. The van der Waals surface area contributed by atoms with Gasteiger partial charge < -0.3 is 5.32 Å². The number of anilines is 1. The van der Waals surface area contributed by atoms with Crippen molar-refractivity contribution in [3.63, 3.8) is 0 Å². The van der Waals surface area contributed by atoms with Gasteiger partial charge in [-0.2, -0.15) is 0 Å². The third-order valence-electron chi connectivity index (χ3n) is 3.04. The monoisotopic (exact) mass is 302 g/mol. The molecular weight excluding hydrogens is 279 g/mol. The second-order valence-corrected chi connectivity index (χ2v) is 12.1. The molecule has 0 heterocycles. The molecule has 106 valence electrons. The minimum Gasteiger partial charge on any atom is -0.322 e. The van der Waals surface area contributed by atoms with Crippen LogP contribution in [0.4, 0.5) is 10.1 Å². The molecule has 5 heteroatoms. The number of aryl methyl sites for hydroxylation is 2. The molecule has 0 fully saturated rings. The lowest BCUT2D eigenvalue weighted by Crippen LogP contribution is -2.26. The molecule has 0 aromatic heterocycles. The first-order chi connectivity index (χ1) is 8.66. The number of hydrogen-bond donors (Lipinski definition) is 1. The normalized spacial score (nSPS) is 13.8. The minimum atomic E-state index is -1.23. The topological polar surface area (TPSA) is 29.1 Å². The quantitative estimate of drug-likeness (QED) is 0.839. The summed E-state index contributed by atoms with van der Waals surface area (Å²) in [4.78, 5) is 12.4. The van der Waals surface area contributed by atoms with Crippen LogP contribution >= 0.6 is 15.8 Å². The van der Waals surface area contributed by atoms with E-state index in [0.717, 1.165) is 16.8 Å². The summed E-state index contributed by atoms with van der Waals surface area (Å²) in [6.07, 6.45) is 0. The molecule has 0 aliphatic heterocycles. The van der Waals surface area contributed by atoms with E-state index < -0.39 is 7.26 Å². The van der Waals surface area contributed by atoms with Crippen molar-refractivity contribution in [3.8, 4) is 0 Å². The maximum absolute atomic E-state index is 13.3. The third-order valence-corrected chi connectivity index (χ3v) is 8.73. The highest BCUT2D eigenvalue weighted by Crippen LogP contribution is 2.58. The second kappa shape index (κ2) is 6.29. The highest BCUT2D eigenvalue weighted by atomic mass is 31.2. The van der Waals surface area contributed by atoms with E-state index in [-0.39, 0.29) is 17.1 Å². The average molecular weight is 302 g/mol. The van der Waals surface area contributed by atoms with Gasteiger partial charge >= 0.3 is 0 Å². The zero-order chi connectivity index (χ0) is 14.8. The zero-order valence-electron chi connectivity index (χ0n) is 12.5. The molecule has 0 aliphatic rings. The average Bonchev–Trinajstić information content (AvgIpc) is 2.22. The standard InChI is InChI=1S/C14H22FNOP2/c1-9-7-11(15)8-10(2)12(9)16-13(17)14(18-3)19(4,5)6/h7-8,14,18H,1-6H3/p+1. The van der Waals surface area contributed by atoms with Crippen molar-refractivity contribution in [2.45, 2.75) is 19.2 Å². The van der Waals surface area contributed by atoms with Gasteiger partial charge in [0, 0.05) is 32.9 Å². The van der Waals surface area contributed by atoms with Crippen LogP contribution in [0.2, 0.25) is 0 Å². The van der Waals surface area contributed by atoms with Gasteiger partial charge in [-0.05, 0) is 43.8 Å². The molecule has 0 spiro atoms. The Morgan fingerprint density at radius 2 is 1.74 bits per heavy atom. The molecule has 0 bridgehead atoms. The maximum atomic E-state index is 13.3. The van der Waals surface area contributed by atoms with Crippen molar-refractivity contribution in [1.29, 1.82) is 0 Å². The number of hydrogen-bond acceptors (Lipinski definition) is 1. The minimum absolute atomic E-state index is 0.0690. The lowest BCUT2D eigenvalue weighted by molar-refractivity contribution is -0.114. The van der Waals surface area contributed by atoms with Crippen molar-refractivity contribution in [2.75, 3.05) is 32.0 Å². The Balaban J connectivity index is 3.00. The molecule has 1 amide bonds. The molecule has 0 radical (unpaired) electrons. The number of halogens is 1. The lowest BCUT2D eigenvalue weighted by Gasteiger charge is -2.23. The summed E-state index contributed by atoms with van der Waals surface area (Å²) >= 11 is 0. The fourth-order valence-corrected chi connectivity index (χ4v) is 6.37. The van der Waals surface area contributed by atoms with E-state index in [4.69, 9.17) is 0 Å². The van der Waals surface area contributed by atoms with Crippen LogP contribution in [0.5, 0.6) is 0 Å². The largest absolute Gasteiger partial charge is 0.322 e. The van der Waals surface area contributed by atoms with E-state index in [1.54, 1.807) is 0 Å². The molecule has 0 saturated heterocycles. The van der Waals surface area contributed by atoms with Crippen LogP contribution in [0.15, 0.2) is 12.1 Å². The predicted octanol–water partition coefficient (Wildman–Crippen LogP) is 3.92. The van der Waals surface area contributed by atoms with Gasteiger partial charge in [0.2, 0.25) is 0 Å². The molecule has 2 atom stereocenters. The van der Waals surface area contributed by atoms with Crippen LogP contribution in [0.3, 0.4) is 0 Å². The third kappa shape index (κ3) is 4.23. The van der Waals surface area contributed by atoms with Crippen molar-refractivity contribution in [2.24, 2.45) is 0 Å². The molecule has 1 N–H and O–H groups in total. The van der Waals surface area contributed by atoms with Crippen molar-refractivity contribution in [3.05, 3.63) is 29.1 Å². The highest BCUT2D eigenvalue weighted by Gasteiger charge is 2.36. The first-order valence-corrected chi connectivity index (χ1v) is 11.0. The van der Waals surface area contributed by atoms with Gasteiger partial charge in [-0.25, -0.2) is 4.39 Å². The SMILES string of the molecule is CPC(C(=O)Nc1c(C)cc(F)cc1C)[P+](C)(C)C. The Labute approximate surface area is 117 Å². The van der Waals surface area contributed by atoms with Crippen molar-refractivity contribution in [1.82, 2.24) is 0 Å². The Morgan fingerprint density at radius 3 is 2.11 bits per heavy atom. The number of benzene rings is 1. The summed E-state index contributed by atoms with van der Waals surface area (Å²) in [5.74, 6) is -0.190. The van der Waals surface area contributed by atoms with Crippen LogP contribution in [-0.2, 0) is 4.79 Å². The van der Waals surface area contributed by atoms with Gasteiger partial charge in [-0.3, -0.25) is 4.79 Å². The number of carbonyl (C=O) groups excluding carboxylic acids is 1. The number of rotatable bonds is 4. The molecule has 0 saturated carbocycles. The summed E-state index contributed by atoms with van der Waals surface area (Å²) in [5.41, 5.74) is 2.30. The zero-order valence-corrected chi connectivity index (χ0v) is 14.4. The Morgan fingerprint density at radius 1 is 1.26 bits per heavy atom. The van der Waals surface area contributed by atoms with E-state index in [1.165, 1.54) is 12.1 Å². The Kier molecular flexibility index (Phi) is 5.47. The molecule has 1 aromatic carbocycles. The molecule has 2 unspecified atom stereocenters. The summed E-state index contributed by atoms with van der Waals surface area (Å²) < 4.78 is 13.3. The van der Waals surface area contributed by atoms with E-state index in [9.17, 15) is 9.18 Å². The fraction of sp³-hybridized carbons (Fsp3) is 0.500. The van der Waals surface area contributed by atoms with E-state index in [2.05, 4.69) is 32.0 Å². The first kappa shape index (κ1) is 16.5. The van der Waals surface area contributed by atoms with Gasteiger partial charge in [0.15, 0.2) is 5.40 Å². The molecule has 2 nitrogen and oxygen atoms in total. The highest BCUT2D eigenvalue weighted by molar-refractivity contribution is 7.82. The molecule has 1 rings (SSSR count). The van der Waals surface area contributed by atoms with Crippen LogP contribution in [0, 0.1) is 19.7 Å². The predicted molar refractivity (Wildman–Crippen MR) is 87.2 cm³/mol. The summed E-state index contributed by atoms with van der Waals surface area (Å²) in [6, 6.07) is 2.91. The second-order valence-electron chi connectivity index (χ2n) is 5.71. The first-order valence-electron chi connectivity index (χ1n) is 6.22. The van der Waals surface area contributed by atoms with Gasteiger partial charge in [0.05, 0.1) is 0 Å². The summed E-state index contributed by atoms with van der Waals surface area (Å²) in [6.45, 7) is 12.2. The van der Waals surface area contributed by atoms with Gasteiger partial charge in [0.1, 0.15) is 5.82 Å². The van der Waals surface area contributed by atoms with Crippen molar-refractivity contribution < 1.29 is 9.18 Å². The molecule has 1 aromatic rings. The number of carbonyl (C=O) groups is 1. The van der Waals surface area contributed by atoms with Gasteiger partial charge in [-0.15, -0.1) is 0 Å². The van der Waals surface area contributed by atoms with Gasteiger partial charge in [0.25, 0.3) is 5.91 Å². The van der Waals surface area contributed by atoms with E-state index in [1.807, 2.05) is 13.8 Å². The fourth-order valence-electron chi connectivity index (χ4n) is 2.17. The van der Waals surface area contributed by atoms with Crippen LogP contribution < -0.4 is 5.32 Å². The van der Waals surface area contributed by atoms with Crippen LogP contribution in [0.25, 0.3) is 0 Å².